The van der Waals surface area contributed by atoms with Crippen LogP contribution >= 0.6 is 0 Å². The van der Waals surface area contributed by atoms with E-state index in [2.05, 4.69) is 151 Å². The number of aliphatic hydroxyl groups excluding tert-OH is 2. The second kappa shape index (κ2) is 43.1. The molecule has 0 unspecified atom stereocenters. The first-order chi connectivity index (χ1) is 44.0. The molecule has 0 aromatic heterocycles. The summed E-state index contributed by atoms with van der Waals surface area (Å²) < 4.78 is 29.1. The number of esters is 2. The number of carbonyl (C=O) groups excluding carboxylic acids is 2. The molecule has 0 radical (unpaired) electrons. The highest BCUT2D eigenvalue weighted by Gasteiger charge is 2.50. The number of hydrogen-bond donors (Lipinski definition) is 4. The number of carbonyl (C=O) groups is 2. The van der Waals surface area contributed by atoms with Gasteiger partial charge in [0.25, 0.3) is 0 Å². The fraction of sp³-hybridized carbons (Fsp3) is 0.679. The normalized spacial score (nSPS) is 17.7. The van der Waals surface area contributed by atoms with Crippen molar-refractivity contribution in [2.24, 2.45) is 5.92 Å². The van der Waals surface area contributed by atoms with Crippen LogP contribution in [0.2, 0.25) is 16.6 Å². The maximum Gasteiger partial charge on any atom is 0.487 e. The van der Waals surface area contributed by atoms with Gasteiger partial charge in [0.2, 0.25) is 8.32 Å². The molecule has 2 aromatic rings. The van der Waals surface area contributed by atoms with Crippen molar-refractivity contribution in [3.63, 3.8) is 0 Å². The maximum absolute atomic E-state index is 11.6. The van der Waals surface area contributed by atoms with Gasteiger partial charge in [-0.2, -0.15) is 0 Å². The molecule has 1 heterocycles. The summed E-state index contributed by atoms with van der Waals surface area (Å²) in [6.07, 6.45) is 34.1. The Morgan fingerprint density at radius 2 is 1.09 bits per heavy atom. The van der Waals surface area contributed by atoms with Crippen LogP contribution in [-0.4, -0.2) is 102 Å². The van der Waals surface area contributed by atoms with Gasteiger partial charge in [0.1, 0.15) is 0 Å². The molecule has 0 spiro atoms. The second-order valence-corrected chi connectivity index (χ2v) is 35.7. The highest BCUT2D eigenvalue weighted by Crippen LogP contribution is 2.44. The Morgan fingerprint density at radius 1 is 0.681 bits per heavy atom. The topological polar surface area (TPSA) is 161 Å². The number of benzene rings is 2. The van der Waals surface area contributed by atoms with Gasteiger partial charge in [-0.3, -0.25) is 9.59 Å². The third-order valence-corrected chi connectivity index (χ3v) is 24.8. The Labute approximate surface area is 575 Å². The molecule has 0 bridgehead atoms. The maximum atomic E-state index is 11.6. The lowest BCUT2D eigenvalue weighted by molar-refractivity contribution is -0.144. The summed E-state index contributed by atoms with van der Waals surface area (Å²) in [6, 6.07) is 13.6. The van der Waals surface area contributed by atoms with Gasteiger partial charge in [-0.05, 0) is 233 Å². The van der Waals surface area contributed by atoms with Crippen molar-refractivity contribution in [1.29, 1.82) is 0 Å². The third kappa shape index (κ3) is 33.7. The first-order valence-electron chi connectivity index (χ1n) is 36.2. The number of aliphatic hydroxyl groups is 4. The number of unbranched alkanes of at least 4 members (excludes halogenated alkanes) is 8. The SMILES string of the molecule is C#CC[C@@H](C)C[C@H](O[Si](C(C)C)(C(C)C)C(C)C)C(=C)C.C=C1/C(=C\C=C\c2cc(CCCCCC(C)(C)O)cc(CCCCCC(C)(C)O)c2)C[C@@H](O)C[C@@H]1O.CCOC(=O)CCCCCc1cc(/C=C/B2OC(C)(C)C(C)(C)O2)cc(CCCCCC(=O)OCC)c1. The predicted molar refractivity (Wildman–Crippen MR) is 398 cm³/mol. The molecule has 1 aliphatic carbocycles. The van der Waals surface area contributed by atoms with Gasteiger partial charge in [-0.1, -0.05) is 172 Å². The zero-order valence-corrected chi connectivity index (χ0v) is 63.5. The van der Waals surface area contributed by atoms with Gasteiger partial charge in [-0.25, -0.2) is 0 Å². The Morgan fingerprint density at radius 3 is 1.46 bits per heavy atom. The van der Waals surface area contributed by atoms with Crippen molar-refractivity contribution in [2.75, 3.05) is 13.2 Å². The fourth-order valence-corrected chi connectivity index (χ4v) is 18.4. The van der Waals surface area contributed by atoms with E-state index in [0.29, 0.717) is 67.0 Å². The molecular weight excluding hydrogens is 1190 g/mol. The van der Waals surface area contributed by atoms with Crippen LogP contribution in [0.1, 0.15) is 286 Å². The molecule has 2 fully saturated rings. The van der Waals surface area contributed by atoms with Crippen molar-refractivity contribution in [3.8, 4) is 12.3 Å². The lowest BCUT2D eigenvalue weighted by Crippen LogP contribution is -2.50. The van der Waals surface area contributed by atoms with Crippen LogP contribution < -0.4 is 0 Å². The van der Waals surface area contributed by atoms with Gasteiger partial charge in [-0.15, -0.1) is 12.3 Å². The molecule has 1 aliphatic heterocycles. The first kappa shape index (κ1) is 85.7. The summed E-state index contributed by atoms with van der Waals surface area (Å²) in [7, 11) is -2.23. The largest absolute Gasteiger partial charge is 0.487 e. The van der Waals surface area contributed by atoms with Gasteiger partial charge >= 0.3 is 19.1 Å². The van der Waals surface area contributed by atoms with Crippen LogP contribution in [0.15, 0.2) is 84.4 Å². The average Bonchev–Trinajstić information content (AvgIpc) is 1.52. The van der Waals surface area contributed by atoms with Crippen molar-refractivity contribution < 1.29 is 53.2 Å². The fourth-order valence-electron chi connectivity index (χ4n) is 12.8. The number of rotatable bonds is 39. The molecular formula is C81H133BO11Si. The van der Waals surface area contributed by atoms with Crippen LogP contribution in [0.4, 0.5) is 0 Å². The molecule has 4 rings (SSSR count). The van der Waals surface area contributed by atoms with Crippen LogP contribution in [0, 0.1) is 18.3 Å². The second-order valence-electron chi connectivity index (χ2n) is 30.3. The first-order valence-corrected chi connectivity index (χ1v) is 38.4. The molecule has 4 atom stereocenters. The molecule has 11 nitrogen and oxygen atoms in total. The quantitative estimate of drug-likeness (QED) is 0.0166. The Hall–Kier alpha value is -4.36. The molecule has 13 heteroatoms. The van der Waals surface area contributed by atoms with Crippen molar-refractivity contribution in [2.45, 2.75) is 336 Å². The van der Waals surface area contributed by atoms with E-state index >= 15 is 0 Å². The van der Waals surface area contributed by atoms with Crippen LogP contribution in [-0.2, 0) is 58.5 Å². The van der Waals surface area contributed by atoms with Crippen LogP contribution in [0.3, 0.4) is 0 Å². The van der Waals surface area contributed by atoms with E-state index in [1.165, 1.54) is 22.3 Å². The summed E-state index contributed by atoms with van der Waals surface area (Å²) in [5.41, 5.74) is 10.2. The zero-order chi connectivity index (χ0) is 70.9. The van der Waals surface area contributed by atoms with Crippen molar-refractivity contribution >= 4 is 39.5 Å². The van der Waals surface area contributed by atoms with Crippen LogP contribution in [0.5, 0.6) is 0 Å². The zero-order valence-electron chi connectivity index (χ0n) is 62.5. The molecule has 94 heavy (non-hydrogen) atoms. The highest BCUT2D eigenvalue weighted by molar-refractivity contribution is 6.77. The minimum absolute atomic E-state index is 0.109. The van der Waals surface area contributed by atoms with Gasteiger partial charge < -0.3 is 43.6 Å². The lowest BCUT2D eigenvalue weighted by atomic mass is 9.86. The van der Waals surface area contributed by atoms with Crippen LogP contribution in [0.25, 0.3) is 12.2 Å². The highest BCUT2D eigenvalue weighted by atomic mass is 28.4. The molecule has 0 amide bonds. The van der Waals surface area contributed by atoms with Gasteiger partial charge in [0, 0.05) is 25.7 Å². The molecule has 1 saturated heterocycles. The molecule has 530 valence electrons. The van der Waals surface area contributed by atoms with E-state index in [-0.39, 0.29) is 36.4 Å². The summed E-state index contributed by atoms with van der Waals surface area (Å²) in [4.78, 5) is 23.1. The number of ether oxygens (including phenoxy) is 2. The Balaban J connectivity index is 0.000000500. The van der Waals surface area contributed by atoms with E-state index in [1.54, 1.807) is 0 Å². The summed E-state index contributed by atoms with van der Waals surface area (Å²) >= 11 is 0. The Bertz CT molecular complexity index is 2570. The van der Waals surface area contributed by atoms with Gasteiger partial charge in [0.15, 0.2) is 0 Å². The minimum Gasteiger partial charge on any atom is -0.466 e. The predicted octanol–water partition coefficient (Wildman–Crippen LogP) is 19.3. The third-order valence-electron chi connectivity index (χ3n) is 18.7. The summed E-state index contributed by atoms with van der Waals surface area (Å²) in [5, 5.41) is 39.9. The standard InChI is InChI=1S/C32H50O4.C30H47BO6.C19H36OSi/c1-24-28(22-29(33)23-30(24)34)16-12-15-27-20-25(13-8-6-10-17-31(2,3)35)19-26(21-27)14-9-7-11-18-32(4,5)36;1-7-34-27(32)17-13-9-11-15-24-21-25(16-12-10-14-18-28(33)35-8-2)23-26(22-24)19-20-31-36-29(3,4)30(5,6)37-31;1-11-12-18(10)13-19(14(2)3)20-21(15(4)5,16(6)7)17(8)9/h12,15-16,19-21,29-30,33-36H,1,6-11,13-14,17-18,22-23H2,2-5H3;19-23H,7-18H2,1-6H3;1,15-19H,2,12-13H2,3-10H3/b15-12+,28-16-;20-19+;/t29-,30+;;18-,19+/m1.1/s1. The van der Waals surface area contributed by atoms with E-state index in [1.807, 2.05) is 59.7 Å². The minimum atomic E-state index is -1.86. The van der Waals surface area contributed by atoms with Crippen molar-refractivity contribution in [3.05, 3.63) is 118 Å². The lowest BCUT2D eigenvalue weighted by Gasteiger charge is -2.45. The number of allylic oxidation sites excluding steroid dienone is 2. The van der Waals surface area contributed by atoms with E-state index in [9.17, 15) is 30.0 Å². The summed E-state index contributed by atoms with van der Waals surface area (Å²) in [5.74, 6) is 5.03. The number of terminal acetylenes is 1. The van der Waals surface area contributed by atoms with E-state index in [0.717, 1.165) is 151 Å². The molecule has 2 aliphatic rings. The molecule has 2 aromatic carbocycles. The monoisotopic (exact) mass is 1320 g/mol. The summed E-state index contributed by atoms with van der Waals surface area (Å²) in [6.45, 7) is 46.7. The van der Waals surface area contributed by atoms with E-state index < -0.39 is 31.7 Å². The Kier molecular flexibility index (Phi) is 39.3. The number of aryl methyl sites for hydroxylation is 4. The molecule has 1 saturated carbocycles. The average molecular weight is 1320 g/mol. The molecule has 4 N–H and O–H groups in total. The van der Waals surface area contributed by atoms with Crippen molar-refractivity contribution in [1.82, 2.24) is 0 Å². The number of hydrogen-bond acceptors (Lipinski definition) is 11. The van der Waals surface area contributed by atoms with E-state index in [4.69, 9.17) is 29.6 Å². The smallest absolute Gasteiger partial charge is 0.466 e. The van der Waals surface area contributed by atoms with Gasteiger partial charge in [0.05, 0.1) is 53.9 Å².